The average molecular weight is 306 g/mol. The van der Waals surface area contributed by atoms with Crippen molar-refractivity contribution < 1.29 is 9.53 Å². The van der Waals surface area contributed by atoms with Gasteiger partial charge in [0, 0.05) is 17.3 Å². The highest BCUT2D eigenvalue weighted by Crippen LogP contribution is 2.21. The largest absolute Gasteiger partial charge is 0.476 e. The molecule has 6 nitrogen and oxygen atoms in total. The van der Waals surface area contributed by atoms with Gasteiger partial charge in [-0.2, -0.15) is 0 Å². The average Bonchev–Trinajstić information content (AvgIpc) is 2.88. The quantitative estimate of drug-likeness (QED) is 0.890. The molecular formula is C14H18N4O2S. The first-order chi connectivity index (χ1) is 10.1. The first kappa shape index (κ1) is 15.2. The van der Waals surface area contributed by atoms with Gasteiger partial charge in [-0.25, -0.2) is 14.8 Å². The number of hydrogen-bond acceptors (Lipinski definition) is 5. The molecule has 2 aromatic rings. The maximum Gasteiger partial charge on any atom is 0.319 e. The SMILES string of the molecule is CCOc1ncccc1NC(=O)N[C@H](C)c1nc(C)cs1. The van der Waals surface area contributed by atoms with Crippen molar-refractivity contribution in [3.8, 4) is 5.88 Å². The Morgan fingerprint density at radius 1 is 1.52 bits per heavy atom. The third kappa shape index (κ3) is 4.16. The van der Waals surface area contributed by atoms with Gasteiger partial charge in [0.15, 0.2) is 0 Å². The Kier molecular flexibility index (Phi) is 5.10. The molecule has 0 saturated heterocycles. The summed E-state index contributed by atoms with van der Waals surface area (Å²) in [5.41, 5.74) is 1.49. The molecule has 2 aromatic heterocycles. The van der Waals surface area contributed by atoms with Gasteiger partial charge >= 0.3 is 6.03 Å². The van der Waals surface area contributed by atoms with Gasteiger partial charge in [0.05, 0.1) is 12.6 Å². The number of carbonyl (C=O) groups excluding carboxylic acids is 1. The summed E-state index contributed by atoms with van der Waals surface area (Å²) in [5.74, 6) is 0.410. The van der Waals surface area contributed by atoms with Crippen LogP contribution in [0.4, 0.5) is 10.5 Å². The number of carbonyl (C=O) groups is 1. The number of pyridine rings is 1. The Hall–Kier alpha value is -2.15. The van der Waals surface area contributed by atoms with Crippen LogP contribution in [0.25, 0.3) is 0 Å². The zero-order valence-corrected chi connectivity index (χ0v) is 13.0. The second-order valence-electron chi connectivity index (χ2n) is 4.44. The molecule has 0 aromatic carbocycles. The Morgan fingerprint density at radius 3 is 3.00 bits per heavy atom. The number of aromatic nitrogens is 2. The van der Waals surface area contributed by atoms with Crippen molar-refractivity contribution in [3.63, 3.8) is 0 Å². The Morgan fingerprint density at radius 2 is 2.33 bits per heavy atom. The van der Waals surface area contributed by atoms with E-state index in [1.165, 1.54) is 11.3 Å². The Bertz CT molecular complexity index is 615. The van der Waals surface area contributed by atoms with E-state index in [9.17, 15) is 4.79 Å². The topological polar surface area (TPSA) is 76.1 Å². The third-order valence-corrected chi connectivity index (χ3v) is 3.80. The van der Waals surface area contributed by atoms with E-state index < -0.39 is 0 Å². The number of urea groups is 1. The van der Waals surface area contributed by atoms with E-state index in [1.54, 1.807) is 18.3 Å². The van der Waals surface area contributed by atoms with Crippen LogP contribution < -0.4 is 15.4 Å². The normalized spacial score (nSPS) is 11.8. The Balaban J connectivity index is 1.98. The summed E-state index contributed by atoms with van der Waals surface area (Å²) >= 11 is 1.53. The summed E-state index contributed by atoms with van der Waals surface area (Å²) in [4.78, 5) is 20.5. The van der Waals surface area contributed by atoms with E-state index in [-0.39, 0.29) is 12.1 Å². The lowest BCUT2D eigenvalue weighted by molar-refractivity contribution is 0.249. The molecule has 0 saturated carbocycles. The Labute approximate surface area is 127 Å². The minimum Gasteiger partial charge on any atom is -0.476 e. The molecule has 0 unspecified atom stereocenters. The molecule has 0 aliphatic heterocycles. The van der Waals surface area contributed by atoms with Crippen molar-refractivity contribution in [1.82, 2.24) is 15.3 Å². The van der Waals surface area contributed by atoms with Crippen LogP contribution in [0.2, 0.25) is 0 Å². The summed E-state index contributed by atoms with van der Waals surface area (Å²) in [7, 11) is 0. The molecule has 0 aliphatic carbocycles. The molecule has 7 heteroatoms. The zero-order valence-electron chi connectivity index (χ0n) is 12.2. The van der Waals surface area contributed by atoms with Crippen molar-refractivity contribution >= 4 is 23.1 Å². The van der Waals surface area contributed by atoms with Crippen LogP contribution in [0.15, 0.2) is 23.7 Å². The molecule has 2 rings (SSSR count). The first-order valence-corrected chi connectivity index (χ1v) is 7.55. The van der Waals surface area contributed by atoms with Crippen LogP contribution in [0.3, 0.4) is 0 Å². The number of ether oxygens (including phenoxy) is 1. The summed E-state index contributed by atoms with van der Waals surface area (Å²) in [6, 6.07) is 3.02. The number of hydrogen-bond donors (Lipinski definition) is 2. The molecule has 21 heavy (non-hydrogen) atoms. The number of thiazole rings is 1. The number of aryl methyl sites for hydroxylation is 1. The molecule has 0 bridgehead atoms. The summed E-state index contributed by atoms with van der Waals surface area (Å²) < 4.78 is 5.37. The zero-order chi connectivity index (χ0) is 15.2. The molecule has 0 aliphatic rings. The maximum absolute atomic E-state index is 12.0. The second-order valence-corrected chi connectivity index (χ2v) is 5.33. The van der Waals surface area contributed by atoms with Crippen molar-refractivity contribution in [2.45, 2.75) is 26.8 Å². The predicted octanol–water partition coefficient (Wildman–Crippen LogP) is 3.13. The summed E-state index contributed by atoms with van der Waals surface area (Å²) in [6.07, 6.45) is 1.62. The fourth-order valence-corrected chi connectivity index (χ4v) is 2.53. The van der Waals surface area contributed by atoms with Crippen LogP contribution in [-0.2, 0) is 0 Å². The van der Waals surface area contributed by atoms with Gasteiger partial charge in [0.1, 0.15) is 10.7 Å². The van der Waals surface area contributed by atoms with Crippen molar-refractivity contribution in [2.75, 3.05) is 11.9 Å². The number of anilines is 1. The van der Waals surface area contributed by atoms with Crippen LogP contribution in [0.5, 0.6) is 5.88 Å². The second kappa shape index (κ2) is 7.03. The van der Waals surface area contributed by atoms with Gasteiger partial charge in [-0.15, -0.1) is 11.3 Å². The van der Waals surface area contributed by atoms with Gasteiger partial charge in [0.2, 0.25) is 5.88 Å². The molecule has 112 valence electrons. The minimum atomic E-state index is -0.315. The van der Waals surface area contributed by atoms with Gasteiger partial charge in [-0.1, -0.05) is 0 Å². The van der Waals surface area contributed by atoms with Gasteiger partial charge in [0.25, 0.3) is 0 Å². The van der Waals surface area contributed by atoms with Gasteiger partial charge in [-0.05, 0) is 32.9 Å². The summed E-state index contributed by atoms with van der Waals surface area (Å²) in [5, 5.41) is 8.42. The fourth-order valence-electron chi connectivity index (χ4n) is 1.73. The monoisotopic (exact) mass is 306 g/mol. The molecular weight excluding hydrogens is 288 g/mol. The highest BCUT2D eigenvalue weighted by atomic mass is 32.1. The maximum atomic E-state index is 12.0. The molecule has 2 N–H and O–H groups in total. The van der Waals surface area contributed by atoms with Crippen molar-refractivity contribution in [3.05, 3.63) is 34.4 Å². The number of nitrogens with one attached hydrogen (secondary N) is 2. The lowest BCUT2D eigenvalue weighted by atomic mass is 10.3. The highest BCUT2D eigenvalue weighted by molar-refractivity contribution is 7.09. The van der Waals surface area contributed by atoms with E-state index in [2.05, 4.69) is 20.6 Å². The number of nitrogens with zero attached hydrogens (tertiary/aromatic N) is 2. The van der Waals surface area contributed by atoms with Gasteiger partial charge < -0.3 is 15.4 Å². The van der Waals surface area contributed by atoms with Crippen LogP contribution >= 0.6 is 11.3 Å². The van der Waals surface area contributed by atoms with E-state index in [0.717, 1.165) is 10.7 Å². The van der Waals surface area contributed by atoms with Crippen LogP contribution in [0.1, 0.15) is 30.6 Å². The fraction of sp³-hybridized carbons (Fsp3) is 0.357. The molecule has 2 heterocycles. The lowest BCUT2D eigenvalue weighted by Crippen LogP contribution is -2.31. The first-order valence-electron chi connectivity index (χ1n) is 6.67. The lowest BCUT2D eigenvalue weighted by Gasteiger charge is -2.14. The van der Waals surface area contributed by atoms with E-state index in [4.69, 9.17) is 4.74 Å². The van der Waals surface area contributed by atoms with Crippen LogP contribution in [0, 0.1) is 6.92 Å². The van der Waals surface area contributed by atoms with Gasteiger partial charge in [-0.3, -0.25) is 0 Å². The highest BCUT2D eigenvalue weighted by Gasteiger charge is 2.14. The van der Waals surface area contributed by atoms with E-state index in [1.807, 2.05) is 26.2 Å². The van der Waals surface area contributed by atoms with E-state index in [0.29, 0.717) is 18.2 Å². The third-order valence-electron chi connectivity index (χ3n) is 2.66. The number of amides is 2. The molecule has 1 atom stereocenters. The predicted molar refractivity (Wildman–Crippen MR) is 82.8 cm³/mol. The number of rotatable bonds is 5. The summed E-state index contributed by atoms with van der Waals surface area (Å²) in [6.45, 7) is 6.18. The smallest absolute Gasteiger partial charge is 0.319 e. The molecule has 0 fully saturated rings. The van der Waals surface area contributed by atoms with Crippen molar-refractivity contribution in [1.29, 1.82) is 0 Å². The standard InChI is InChI=1S/C14H18N4O2S/c1-4-20-12-11(6-5-7-15-12)18-14(19)17-10(3)13-16-9(2)8-21-13/h5-8,10H,4H2,1-3H3,(H2,17,18,19)/t10-/m1/s1. The van der Waals surface area contributed by atoms with Crippen molar-refractivity contribution in [2.24, 2.45) is 0 Å². The minimum absolute atomic E-state index is 0.157. The molecule has 0 spiro atoms. The molecule has 0 radical (unpaired) electrons. The van der Waals surface area contributed by atoms with Crippen LogP contribution in [-0.4, -0.2) is 22.6 Å². The van der Waals surface area contributed by atoms with E-state index >= 15 is 0 Å². The molecule has 2 amide bonds.